The molecule has 0 bridgehead atoms. The van der Waals surface area contributed by atoms with Crippen molar-refractivity contribution in [3.8, 4) is 5.75 Å². The Bertz CT molecular complexity index is 396. The zero-order chi connectivity index (χ0) is 12.8. The van der Waals surface area contributed by atoms with Crippen LogP contribution in [-0.2, 0) is 6.54 Å². The highest BCUT2D eigenvalue weighted by Gasteiger charge is 2.10. The van der Waals surface area contributed by atoms with Crippen LogP contribution in [0.3, 0.4) is 0 Å². The van der Waals surface area contributed by atoms with Gasteiger partial charge in [-0.1, -0.05) is 19.1 Å². The van der Waals surface area contributed by atoms with Crippen LogP contribution in [-0.4, -0.2) is 29.6 Å². The smallest absolute Gasteiger partial charge is 0.317 e. The number of benzene rings is 1. The highest BCUT2D eigenvalue weighted by Crippen LogP contribution is 2.20. The molecule has 0 heterocycles. The summed E-state index contributed by atoms with van der Waals surface area (Å²) in [5.74, 6) is -1.09. The molecule has 0 saturated heterocycles. The minimum absolute atomic E-state index is 0.108. The number of halogens is 1. The summed E-state index contributed by atoms with van der Waals surface area (Å²) in [5.41, 5.74) is 0.364. The van der Waals surface area contributed by atoms with Gasteiger partial charge in [-0.15, -0.1) is 0 Å². The number of para-hydroxylation sites is 1. The Morgan fingerprint density at radius 3 is 2.88 bits per heavy atom. The second kappa shape index (κ2) is 6.08. The van der Waals surface area contributed by atoms with Crippen molar-refractivity contribution >= 4 is 6.03 Å². The number of aromatic hydroxyl groups is 1. The fraction of sp³-hybridized carbons (Fsp3) is 0.417. The van der Waals surface area contributed by atoms with Gasteiger partial charge in [0.15, 0.2) is 11.6 Å². The molecule has 1 aromatic carbocycles. The first kappa shape index (κ1) is 13.3. The molecule has 4 nitrogen and oxygen atoms in total. The second-order valence-electron chi connectivity index (χ2n) is 3.83. The summed E-state index contributed by atoms with van der Waals surface area (Å²) in [5, 5.41) is 12.0. The van der Waals surface area contributed by atoms with Crippen LogP contribution in [0, 0.1) is 5.82 Å². The van der Waals surface area contributed by atoms with Crippen LogP contribution in [0.5, 0.6) is 5.75 Å². The summed E-state index contributed by atoms with van der Waals surface area (Å²) >= 11 is 0. The summed E-state index contributed by atoms with van der Waals surface area (Å²) in [6, 6.07) is 3.99. The molecule has 0 fully saturated rings. The van der Waals surface area contributed by atoms with Crippen LogP contribution in [0.25, 0.3) is 0 Å². The first-order valence-electron chi connectivity index (χ1n) is 5.51. The van der Waals surface area contributed by atoms with Crippen LogP contribution >= 0.6 is 0 Å². The van der Waals surface area contributed by atoms with Crippen molar-refractivity contribution in [2.75, 3.05) is 13.6 Å². The summed E-state index contributed by atoms with van der Waals surface area (Å²) in [6.45, 7) is 2.74. The zero-order valence-electron chi connectivity index (χ0n) is 10.0. The lowest BCUT2D eigenvalue weighted by molar-refractivity contribution is 0.208. The largest absolute Gasteiger partial charge is 0.505 e. The van der Waals surface area contributed by atoms with E-state index in [2.05, 4.69) is 5.32 Å². The van der Waals surface area contributed by atoms with E-state index in [1.807, 2.05) is 6.92 Å². The van der Waals surface area contributed by atoms with Crippen molar-refractivity contribution in [3.63, 3.8) is 0 Å². The van der Waals surface area contributed by atoms with Crippen LogP contribution in [0.4, 0.5) is 9.18 Å². The van der Waals surface area contributed by atoms with E-state index in [0.717, 1.165) is 6.42 Å². The molecule has 0 atom stereocenters. The van der Waals surface area contributed by atoms with Gasteiger partial charge < -0.3 is 15.3 Å². The average molecular weight is 240 g/mol. The van der Waals surface area contributed by atoms with E-state index < -0.39 is 11.6 Å². The lowest BCUT2D eigenvalue weighted by Gasteiger charge is -2.17. The highest BCUT2D eigenvalue weighted by molar-refractivity contribution is 5.73. The fourth-order valence-electron chi connectivity index (χ4n) is 1.45. The van der Waals surface area contributed by atoms with Gasteiger partial charge in [0.2, 0.25) is 0 Å². The number of rotatable bonds is 4. The molecule has 0 aromatic heterocycles. The Kier molecular flexibility index (Phi) is 4.75. The number of phenols is 1. The van der Waals surface area contributed by atoms with Crippen LogP contribution in [0.1, 0.15) is 18.9 Å². The quantitative estimate of drug-likeness (QED) is 0.846. The van der Waals surface area contributed by atoms with Crippen molar-refractivity contribution in [3.05, 3.63) is 29.6 Å². The van der Waals surface area contributed by atoms with Gasteiger partial charge in [-0.3, -0.25) is 0 Å². The molecule has 2 amide bonds. The molecule has 0 saturated carbocycles. The van der Waals surface area contributed by atoms with E-state index in [0.29, 0.717) is 12.1 Å². The van der Waals surface area contributed by atoms with Crippen LogP contribution in [0.15, 0.2) is 18.2 Å². The minimum atomic E-state index is -0.682. The number of phenolic OH excluding ortho intramolecular Hbond substituents is 1. The number of nitrogens with one attached hydrogen (secondary N) is 1. The van der Waals surface area contributed by atoms with Gasteiger partial charge in [-0.05, 0) is 12.5 Å². The molecule has 0 radical (unpaired) electrons. The van der Waals surface area contributed by atoms with Gasteiger partial charge in [-0.25, -0.2) is 9.18 Å². The summed E-state index contributed by atoms with van der Waals surface area (Å²) in [7, 11) is 1.68. The van der Waals surface area contributed by atoms with E-state index >= 15 is 0 Å². The lowest BCUT2D eigenvalue weighted by atomic mass is 10.2. The van der Waals surface area contributed by atoms with Gasteiger partial charge in [-0.2, -0.15) is 0 Å². The molecule has 0 aliphatic carbocycles. The van der Waals surface area contributed by atoms with E-state index in [-0.39, 0.29) is 12.6 Å². The summed E-state index contributed by atoms with van der Waals surface area (Å²) in [6.07, 6.45) is 0.870. The maximum absolute atomic E-state index is 13.0. The van der Waals surface area contributed by atoms with Crippen LogP contribution < -0.4 is 5.32 Å². The zero-order valence-corrected chi connectivity index (χ0v) is 10.0. The molecule has 0 unspecified atom stereocenters. The predicted molar refractivity (Wildman–Crippen MR) is 63.2 cm³/mol. The van der Waals surface area contributed by atoms with Crippen molar-refractivity contribution in [1.82, 2.24) is 10.2 Å². The van der Waals surface area contributed by atoms with Crippen LogP contribution in [0.2, 0.25) is 0 Å². The number of urea groups is 1. The third kappa shape index (κ3) is 3.62. The number of nitrogens with zero attached hydrogens (tertiary/aromatic N) is 1. The molecule has 1 rings (SSSR count). The number of carbonyl (C=O) groups excluding carboxylic acids is 1. The monoisotopic (exact) mass is 240 g/mol. The third-order valence-electron chi connectivity index (χ3n) is 2.41. The molecule has 94 valence electrons. The highest BCUT2D eigenvalue weighted by atomic mass is 19.1. The van der Waals surface area contributed by atoms with Crippen molar-refractivity contribution in [2.45, 2.75) is 19.9 Å². The van der Waals surface area contributed by atoms with E-state index in [9.17, 15) is 14.3 Å². The van der Waals surface area contributed by atoms with Gasteiger partial charge in [0.05, 0.1) is 0 Å². The van der Waals surface area contributed by atoms with Gasteiger partial charge in [0, 0.05) is 25.7 Å². The molecule has 0 aliphatic heterocycles. The van der Waals surface area contributed by atoms with Gasteiger partial charge in [0.1, 0.15) is 0 Å². The standard InChI is InChI=1S/C12H17FN2O2/c1-3-7-15(2)12(17)14-8-9-5-4-6-10(13)11(9)16/h4-6,16H,3,7-8H2,1-2H3,(H,14,17). The van der Waals surface area contributed by atoms with E-state index in [1.54, 1.807) is 13.1 Å². The molecule has 17 heavy (non-hydrogen) atoms. The first-order chi connectivity index (χ1) is 8.06. The second-order valence-corrected chi connectivity index (χ2v) is 3.83. The maximum Gasteiger partial charge on any atom is 0.317 e. The minimum Gasteiger partial charge on any atom is -0.505 e. The number of amides is 2. The maximum atomic E-state index is 13.0. The first-order valence-corrected chi connectivity index (χ1v) is 5.51. The topological polar surface area (TPSA) is 52.6 Å². The number of carbonyl (C=O) groups is 1. The van der Waals surface area contributed by atoms with Gasteiger partial charge in [0.25, 0.3) is 0 Å². The van der Waals surface area contributed by atoms with Crippen molar-refractivity contribution < 1.29 is 14.3 Å². The molecule has 0 aliphatic rings. The van der Waals surface area contributed by atoms with E-state index in [4.69, 9.17) is 0 Å². The average Bonchev–Trinajstić information content (AvgIpc) is 2.31. The third-order valence-corrected chi connectivity index (χ3v) is 2.41. The molecular formula is C12H17FN2O2. The Morgan fingerprint density at radius 2 is 2.24 bits per heavy atom. The Labute approximate surface area is 100 Å². The predicted octanol–water partition coefficient (Wildman–Crippen LogP) is 2.08. The Balaban J connectivity index is 2.56. The summed E-state index contributed by atoms with van der Waals surface area (Å²) < 4.78 is 13.0. The Morgan fingerprint density at radius 1 is 1.53 bits per heavy atom. The normalized spacial score (nSPS) is 10.1. The van der Waals surface area contributed by atoms with Crippen molar-refractivity contribution in [2.24, 2.45) is 0 Å². The van der Waals surface area contributed by atoms with Crippen molar-refractivity contribution in [1.29, 1.82) is 0 Å². The molecule has 1 aromatic rings. The number of hydrogen-bond acceptors (Lipinski definition) is 2. The fourth-order valence-corrected chi connectivity index (χ4v) is 1.45. The molecular weight excluding hydrogens is 223 g/mol. The summed E-state index contributed by atoms with van der Waals surface area (Å²) in [4.78, 5) is 13.1. The molecule has 5 heteroatoms. The molecule has 2 N–H and O–H groups in total. The lowest BCUT2D eigenvalue weighted by Crippen LogP contribution is -2.37. The van der Waals surface area contributed by atoms with E-state index in [1.165, 1.54) is 17.0 Å². The number of hydrogen-bond donors (Lipinski definition) is 2. The van der Waals surface area contributed by atoms with Gasteiger partial charge >= 0.3 is 6.03 Å². The SMILES string of the molecule is CCCN(C)C(=O)NCc1cccc(F)c1O. The Hall–Kier alpha value is -1.78. The molecule has 0 spiro atoms.